The van der Waals surface area contributed by atoms with Gasteiger partial charge in [-0.25, -0.2) is 8.42 Å². The van der Waals surface area contributed by atoms with E-state index in [4.69, 9.17) is 9.47 Å². The number of nitrogens with zero attached hydrogens (tertiary/aromatic N) is 3. The van der Waals surface area contributed by atoms with Crippen LogP contribution in [0.2, 0.25) is 0 Å². The maximum atomic E-state index is 14.0. The van der Waals surface area contributed by atoms with Crippen molar-refractivity contribution in [2.45, 2.75) is 38.4 Å². The van der Waals surface area contributed by atoms with Gasteiger partial charge in [0, 0.05) is 31.5 Å². The van der Waals surface area contributed by atoms with Crippen molar-refractivity contribution in [3.8, 4) is 11.5 Å². The monoisotopic (exact) mass is 589 g/mol. The molecule has 1 amide bonds. The Hall–Kier alpha value is -4.08. The van der Waals surface area contributed by atoms with Crippen molar-refractivity contribution in [1.82, 2.24) is 13.8 Å². The van der Waals surface area contributed by atoms with Crippen LogP contribution in [0.4, 0.5) is 0 Å². The Morgan fingerprint density at radius 1 is 0.810 bits per heavy atom. The largest absolute Gasteiger partial charge is 0.497 e. The third kappa shape index (κ3) is 8.02. The minimum atomic E-state index is -3.93. The summed E-state index contributed by atoms with van der Waals surface area (Å²) >= 11 is 0. The highest BCUT2D eigenvalue weighted by Crippen LogP contribution is 2.22. The number of carbonyl (C=O) groups is 1. The lowest BCUT2D eigenvalue weighted by atomic mass is 10.2. The molecular weight excluding hydrogens is 550 g/mol. The first-order valence-electron chi connectivity index (χ1n) is 13.9. The number of benzene rings is 3. The summed E-state index contributed by atoms with van der Waals surface area (Å²) in [5.74, 6) is 1.09. The topological polar surface area (TPSA) is 81.1 Å². The molecule has 0 saturated heterocycles. The summed E-state index contributed by atoms with van der Waals surface area (Å²) in [6.07, 6.45) is 1.99. The molecule has 0 bridgehead atoms. The molecule has 3 aromatic carbocycles. The number of ether oxygens (including phenoxy) is 2. The SMILES string of the molecule is COc1ccc(S(=O)(=O)N(CC(=O)N(Cc2ccccc2)Cc2cccn2Cc2cccc(OC)c2)CC(C)C)cc1. The summed E-state index contributed by atoms with van der Waals surface area (Å²) in [6.45, 7) is 5.10. The highest BCUT2D eigenvalue weighted by molar-refractivity contribution is 7.89. The highest BCUT2D eigenvalue weighted by Gasteiger charge is 2.29. The molecule has 0 aliphatic rings. The maximum absolute atomic E-state index is 14.0. The van der Waals surface area contributed by atoms with Crippen LogP contribution in [0.3, 0.4) is 0 Å². The molecule has 9 heteroatoms. The lowest BCUT2D eigenvalue weighted by molar-refractivity contribution is -0.132. The fourth-order valence-corrected chi connectivity index (χ4v) is 6.30. The molecule has 0 aliphatic carbocycles. The van der Waals surface area contributed by atoms with E-state index in [1.54, 1.807) is 24.1 Å². The standard InChI is InChI=1S/C33H39N3O5S/c1-26(2)21-36(42(38,39)32-17-15-30(40-3)16-18-32)25-33(37)35(22-27-10-6-5-7-11-27)24-29-13-9-19-34(29)23-28-12-8-14-31(20-28)41-4/h5-20,26H,21-25H2,1-4H3. The second-order valence-electron chi connectivity index (χ2n) is 10.6. The van der Waals surface area contributed by atoms with Crippen molar-refractivity contribution in [2.24, 2.45) is 5.92 Å². The molecule has 42 heavy (non-hydrogen) atoms. The van der Waals surface area contributed by atoms with Gasteiger partial charge in [0.2, 0.25) is 15.9 Å². The molecule has 4 rings (SSSR count). The molecule has 8 nitrogen and oxygen atoms in total. The van der Waals surface area contributed by atoms with Crippen LogP contribution in [0.25, 0.3) is 0 Å². The summed E-state index contributed by atoms with van der Waals surface area (Å²) in [6, 6.07) is 27.8. The third-order valence-electron chi connectivity index (χ3n) is 6.91. The van der Waals surface area contributed by atoms with Gasteiger partial charge in [-0.2, -0.15) is 4.31 Å². The van der Waals surface area contributed by atoms with Crippen LogP contribution < -0.4 is 9.47 Å². The first-order chi connectivity index (χ1) is 20.2. The molecule has 0 atom stereocenters. The van der Waals surface area contributed by atoms with E-state index in [-0.39, 0.29) is 29.8 Å². The van der Waals surface area contributed by atoms with Crippen LogP contribution in [0.5, 0.6) is 11.5 Å². The van der Waals surface area contributed by atoms with Gasteiger partial charge in [0.25, 0.3) is 0 Å². The average Bonchev–Trinajstić information content (AvgIpc) is 3.42. The molecule has 0 spiro atoms. The van der Waals surface area contributed by atoms with E-state index in [1.807, 2.05) is 86.8 Å². The summed E-state index contributed by atoms with van der Waals surface area (Å²) in [7, 11) is -0.754. The van der Waals surface area contributed by atoms with E-state index < -0.39 is 10.0 Å². The van der Waals surface area contributed by atoms with E-state index >= 15 is 0 Å². The number of sulfonamides is 1. The lowest BCUT2D eigenvalue weighted by Crippen LogP contribution is -2.44. The zero-order chi connectivity index (χ0) is 30.1. The molecule has 1 aromatic heterocycles. The zero-order valence-electron chi connectivity index (χ0n) is 24.6. The van der Waals surface area contributed by atoms with Crippen LogP contribution in [0.15, 0.2) is 102 Å². The Labute approximate surface area is 249 Å². The predicted molar refractivity (Wildman–Crippen MR) is 164 cm³/mol. The Bertz CT molecular complexity index is 1550. The maximum Gasteiger partial charge on any atom is 0.243 e. The number of aromatic nitrogens is 1. The van der Waals surface area contributed by atoms with Gasteiger partial charge in [-0.1, -0.05) is 56.3 Å². The number of hydrogen-bond donors (Lipinski definition) is 0. The Balaban J connectivity index is 1.61. The van der Waals surface area contributed by atoms with Gasteiger partial charge in [-0.05, 0) is 65.6 Å². The van der Waals surface area contributed by atoms with E-state index in [0.29, 0.717) is 25.4 Å². The van der Waals surface area contributed by atoms with Gasteiger partial charge in [-0.3, -0.25) is 4.79 Å². The first-order valence-corrected chi connectivity index (χ1v) is 15.4. The first kappa shape index (κ1) is 30.9. The Morgan fingerprint density at radius 3 is 2.17 bits per heavy atom. The van der Waals surface area contributed by atoms with E-state index in [1.165, 1.54) is 23.5 Å². The van der Waals surface area contributed by atoms with Crippen molar-refractivity contribution >= 4 is 15.9 Å². The van der Waals surface area contributed by atoms with Crippen LogP contribution in [-0.4, -0.2) is 55.4 Å². The van der Waals surface area contributed by atoms with Crippen molar-refractivity contribution in [3.63, 3.8) is 0 Å². The number of carbonyl (C=O) groups excluding carboxylic acids is 1. The fraction of sp³-hybridized carbons (Fsp3) is 0.303. The summed E-state index contributed by atoms with van der Waals surface area (Å²) in [5, 5.41) is 0. The van der Waals surface area contributed by atoms with Gasteiger partial charge in [0.1, 0.15) is 11.5 Å². The fourth-order valence-electron chi connectivity index (χ4n) is 4.75. The molecule has 0 aliphatic heterocycles. The van der Waals surface area contributed by atoms with Crippen LogP contribution >= 0.6 is 0 Å². The average molecular weight is 590 g/mol. The molecular formula is C33H39N3O5S. The van der Waals surface area contributed by atoms with Crippen molar-refractivity contribution in [3.05, 3.63) is 114 Å². The third-order valence-corrected chi connectivity index (χ3v) is 8.74. The molecule has 0 unspecified atom stereocenters. The Morgan fingerprint density at radius 2 is 1.50 bits per heavy atom. The van der Waals surface area contributed by atoms with Gasteiger partial charge >= 0.3 is 0 Å². The lowest BCUT2D eigenvalue weighted by Gasteiger charge is -2.29. The molecule has 4 aromatic rings. The summed E-state index contributed by atoms with van der Waals surface area (Å²) < 4.78 is 41.4. The molecule has 0 N–H and O–H groups in total. The molecule has 222 valence electrons. The van der Waals surface area contributed by atoms with Gasteiger partial charge < -0.3 is 18.9 Å². The van der Waals surface area contributed by atoms with E-state index in [2.05, 4.69) is 4.57 Å². The van der Waals surface area contributed by atoms with Gasteiger partial charge in [0.05, 0.1) is 32.2 Å². The molecule has 1 heterocycles. The van der Waals surface area contributed by atoms with Crippen LogP contribution in [-0.2, 0) is 34.5 Å². The van der Waals surface area contributed by atoms with Crippen LogP contribution in [0.1, 0.15) is 30.7 Å². The number of methoxy groups -OCH3 is 2. The van der Waals surface area contributed by atoms with Crippen molar-refractivity contribution in [2.75, 3.05) is 27.3 Å². The second-order valence-corrected chi connectivity index (χ2v) is 12.5. The predicted octanol–water partition coefficient (Wildman–Crippen LogP) is 5.43. The zero-order valence-corrected chi connectivity index (χ0v) is 25.5. The molecule has 0 saturated carbocycles. The van der Waals surface area contributed by atoms with Crippen molar-refractivity contribution < 1.29 is 22.7 Å². The minimum Gasteiger partial charge on any atom is -0.497 e. The Kier molecular flexibility index (Phi) is 10.4. The summed E-state index contributed by atoms with van der Waals surface area (Å²) in [4.78, 5) is 15.8. The minimum absolute atomic E-state index is 0.0218. The van der Waals surface area contributed by atoms with Gasteiger partial charge in [0.15, 0.2) is 0 Å². The number of rotatable bonds is 14. The number of hydrogen-bond acceptors (Lipinski definition) is 5. The molecule has 0 radical (unpaired) electrons. The molecule has 0 fully saturated rings. The highest BCUT2D eigenvalue weighted by atomic mass is 32.2. The van der Waals surface area contributed by atoms with Crippen molar-refractivity contribution in [1.29, 1.82) is 0 Å². The normalized spacial score (nSPS) is 11.6. The second kappa shape index (κ2) is 14.2. The van der Waals surface area contributed by atoms with Crippen LogP contribution in [0, 0.1) is 5.92 Å². The van der Waals surface area contributed by atoms with E-state index in [9.17, 15) is 13.2 Å². The van der Waals surface area contributed by atoms with Gasteiger partial charge in [-0.15, -0.1) is 0 Å². The number of amides is 1. The smallest absolute Gasteiger partial charge is 0.243 e. The van der Waals surface area contributed by atoms with E-state index in [0.717, 1.165) is 22.6 Å². The summed E-state index contributed by atoms with van der Waals surface area (Å²) in [5.41, 5.74) is 2.97. The quantitative estimate of drug-likeness (QED) is 0.196.